The average molecular weight is 347 g/mol. The SMILES string of the molecule is O=C(Nc1ccc(Nc2ccccc2)cc1)Nc1ccc2c(c1)OCO2. The molecule has 1 aliphatic rings. The number of fused-ring (bicyclic) bond motifs is 1. The number of anilines is 4. The van der Waals surface area contributed by atoms with Gasteiger partial charge in [-0.25, -0.2) is 4.79 Å². The molecular weight excluding hydrogens is 330 g/mol. The first-order valence-electron chi connectivity index (χ1n) is 8.16. The maximum absolute atomic E-state index is 12.1. The summed E-state index contributed by atoms with van der Waals surface area (Å²) in [6.07, 6.45) is 0. The van der Waals surface area contributed by atoms with Crippen LogP contribution in [-0.4, -0.2) is 12.8 Å². The fourth-order valence-electron chi connectivity index (χ4n) is 2.59. The molecule has 0 unspecified atom stereocenters. The zero-order valence-electron chi connectivity index (χ0n) is 13.9. The Morgan fingerprint density at radius 1 is 0.692 bits per heavy atom. The number of rotatable bonds is 4. The summed E-state index contributed by atoms with van der Waals surface area (Å²) in [5.74, 6) is 1.30. The number of amides is 2. The predicted octanol–water partition coefficient (Wildman–Crippen LogP) is 4.80. The molecule has 0 spiro atoms. The molecule has 0 aromatic heterocycles. The van der Waals surface area contributed by atoms with Crippen molar-refractivity contribution < 1.29 is 14.3 Å². The highest BCUT2D eigenvalue weighted by Crippen LogP contribution is 2.34. The molecule has 4 rings (SSSR count). The number of nitrogens with one attached hydrogen (secondary N) is 3. The zero-order valence-corrected chi connectivity index (χ0v) is 13.9. The van der Waals surface area contributed by atoms with Crippen LogP contribution >= 0.6 is 0 Å². The van der Waals surface area contributed by atoms with Crippen molar-refractivity contribution >= 4 is 28.8 Å². The van der Waals surface area contributed by atoms with Gasteiger partial charge in [0.1, 0.15) is 0 Å². The van der Waals surface area contributed by atoms with Gasteiger partial charge in [-0.15, -0.1) is 0 Å². The first-order valence-corrected chi connectivity index (χ1v) is 8.16. The number of carbonyl (C=O) groups is 1. The zero-order chi connectivity index (χ0) is 17.8. The van der Waals surface area contributed by atoms with Gasteiger partial charge in [0.05, 0.1) is 0 Å². The summed E-state index contributed by atoms with van der Waals surface area (Å²) in [7, 11) is 0. The monoisotopic (exact) mass is 347 g/mol. The lowest BCUT2D eigenvalue weighted by molar-refractivity contribution is 0.174. The van der Waals surface area contributed by atoms with Crippen LogP contribution in [0.2, 0.25) is 0 Å². The minimum atomic E-state index is -0.326. The van der Waals surface area contributed by atoms with Crippen molar-refractivity contribution in [2.75, 3.05) is 22.7 Å². The van der Waals surface area contributed by atoms with E-state index in [1.807, 2.05) is 54.6 Å². The molecule has 6 nitrogen and oxygen atoms in total. The van der Waals surface area contributed by atoms with E-state index in [9.17, 15) is 4.79 Å². The van der Waals surface area contributed by atoms with E-state index in [4.69, 9.17) is 9.47 Å². The van der Waals surface area contributed by atoms with Crippen LogP contribution in [0.25, 0.3) is 0 Å². The number of ether oxygens (including phenoxy) is 2. The third-order valence-corrected chi connectivity index (χ3v) is 3.84. The van der Waals surface area contributed by atoms with Crippen LogP contribution in [0, 0.1) is 0 Å². The topological polar surface area (TPSA) is 71.6 Å². The van der Waals surface area contributed by atoms with Gasteiger partial charge in [-0.05, 0) is 48.5 Å². The largest absolute Gasteiger partial charge is 0.454 e. The number of hydrogen-bond donors (Lipinski definition) is 3. The second-order valence-electron chi connectivity index (χ2n) is 5.72. The van der Waals surface area contributed by atoms with Gasteiger partial charge in [-0.1, -0.05) is 18.2 Å². The van der Waals surface area contributed by atoms with Crippen LogP contribution in [0.3, 0.4) is 0 Å². The van der Waals surface area contributed by atoms with Crippen molar-refractivity contribution in [3.63, 3.8) is 0 Å². The summed E-state index contributed by atoms with van der Waals surface area (Å²) >= 11 is 0. The lowest BCUT2D eigenvalue weighted by Gasteiger charge is -2.10. The minimum absolute atomic E-state index is 0.203. The molecule has 26 heavy (non-hydrogen) atoms. The lowest BCUT2D eigenvalue weighted by atomic mass is 10.2. The average Bonchev–Trinajstić information content (AvgIpc) is 3.12. The predicted molar refractivity (Wildman–Crippen MR) is 101 cm³/mol. The highest BCUT2D eigenvalue weighted by Gasteiger charge is 2.14. The molecule has 0 radical (unpaired) electrons. The van der Waals surface area contributed by atoms with Crippen LogP contribution in [0.5, 0.6) is 11.5 Å². The maximum atomic E-state index is 12.1. The third kappa shape index (κ3) is 3.70. The van der Waals surface area contributed by atoms with Crippen molar-refractivity contribution in [3.05, 3.63) is 72.8 Å². The van der Waals surface area contributed by atoms with Crippen LogP contribution in [0.15, 0.2) is 72.8 Å². The molecule has 3 N–H and O–H groups in total. The Balaban J connectivity index is 1.35. The Bertz CT molecular complexity index is 911. The number of urea groups is 1. The molecule has 1 heterocycles. The molecule has 0 saturated heterocycles. The van der Waals surface area contributed by atoms with E-state index in [0.717, 1.165) is 11.4 Å². The molecule has 130 valence electrons. The second-order valence-corrected chi connectivity index (χ2v) is 5.72. The van der Waals surface area contributed by atoms with Crippen molar-refractivity contribution in [1.82, 2.24) is 0 Å². The number of benzene rings is 3. The van der Waals surface area contributed by atoms with Gasteiger partial charge in [-0.2, -0.15) is 0 Å². The van der Waals surface area contributed by atoms with Gasteiger partial charge >= 0.3 is 6.03 Å². The Kier molecular flexibility index (Phi) is 4.30. The third-order valence-electron chi connectivity index (χ3n) is 3.84. The molecule has 0 bridgehead atoms. The van der Waals surface area contributed by atoms with Crippen molar-refractivity contribution in [2.24, 2.45) is 0 Å². The highest BCUT2D eigenvalue weighted by atomic mass is 16.7. The van der Waals surface area contributed by atoms with Crippen molar-refractivity contribution in [1.29, 1.82) is 0 Å². The van der Waals surface area contributed by atoms with E-state index in [-0.39, 0.29) is 12.8 Å². The molecule has 3 aromatic carbocycles. The first-order chi connectivity index (χ1) is 12.8. The number of carbonyl (C=O) groups excluding carboxylic acids is 1. The van der Waals surface area contributed by atoms with Crippen molar-refractivity contribution in [2.45, 2.75) is 0 Å². The standard InChI is InChI=1S/C20H17N3O3/c24-20(23-17-10-11-18-19(12-17)26-13-25-18)22-16-8-6-15(7-9-16)21-14-4-2-1-3-5-14/h1-12,21H,13H2,(H2,22,23,24). The molecule has 2 amide bonds. The summed E-state index contributed by atoms with van der Waals surface area (Å²) in [5.41, 5.74) is 3.28. The fraction of sp³-hybridized carbons (Fsp3) is 0.0500. The lowest BCUT2D eigenvalue weighted by Crippen LogP contribution is -2.19. The quantitative estimate of drug-likeness (QED) is 0.634. The van der Waals surface area contributed by atoms with Gasteiger partial charge in [0.25, 0.3) is 0 Å². The van der Waals surface area contributed by atoms with E-state index in [1.165, 1.54) is 0 Å². The van der Waals surface area contributed by atoms with E-state index in [1.54, 1.807) is 18.2 Å². The maximum Gasteiger partial charge on any atom is 0.323 e. The van der Waals surface area contributed by atoms with Gasteiger partial charge in [0.2, 0.25) is 6.79 Å². The van der Waals surface area contributed by atoms with Crippen LogP contribution in [0.1, 0.15) is 0 Å². The van der Waals surface area contributed by atoms with Gasteiger partial charge < -0.3 is 25.4 Å². The Morgan fingerprint density at radius 2 is 1.31 bits per heavy atom. The molecule has 0 aliphatic carbocycles. The van der Waals surface area contributed by atoms with E-state index in [0.29, 0.717) is 22.9 Å². The Morgan fingerprint density at radius 3 is 2.12 bits per heavy atom. The van der Waals surface area contributed by atoms with Gasteiger partial charge in [-0.3, -0.25) is 0 Å². The van der Waals surface area contributed by atoms with Gasteiger partial charge in [0.15, 0.2) is 11.5 Å². The minimum Gasteiger partial charge on any atom is -0.454 e. The molecular formula is C20H17N3O3. The molecule has 6 heteroatoms. The Hall–Kier alpha value is -3.67. The van der Waals surface area contributed by atoms with Gasteiger partial charge in [0, 0.05) is 28.8 Å². The van der Waals surface area contributed by atoms with Crippen molar-refractivity contribution in [3.8, 4) is 11.5 Å². The second kappa shape index (κ2) is 7.06. The summed E-state index contributed by atoms with van der Waals surface area (Å²) in [6, 6.07) is 22.3. The van der Waals surface area contributed by atoms with Crippen LogP contribution in [0.4, 0.5) is 27.5 Å². The normalized spacial score (nSPS) is 11.7. The number of hydrogen-bond acceptors (Lipinski definition) is 4. The summed E-state index contributed by atoms with van der Waals surface area (Å²) in [4.78, 5) is 12.1. The molecule has 1 aliphatic heterocycles. The van der Waals surface area contributed by atoms with E-state index in [2.05, 4.69) is 16.0 Å². The molecule has 0 atom stereocenters. The number of para-hydroxylation sites is 1. The summed E-state index contributed by atoms with van der Waals surface area (Å²) in [5, 5.41) is 8.87. The molecule has 3 aromatic rings. The van der Waals surface area contributed by atoms with Crippen LogP contribution in [-0.2, 0) is 0 Å². The summed E-state index contributed by atoms with van der Waals surface area (Å²) < 4.78 is 10.6. The molecule has 0 saturated carbocycles. The fourth-order valence-corrected chi connectivity index (χ4v) is 2.59. The molecule has 0 fully saturated rings. The Labute approximate surface area is 150 Å². The van der Waals surface area contributed by atoms with E-state index < -0.39 is 0 Å². The highest BCUT2D eigenvalue weighted by molar-refractivity contribution is 6.00. The van der Waals surface area contributed by atoms with E-state index >= 15 is 0 Å². The first kappa shape index (κ1) is 15.8. The smallest absolute Gasteiger partial charge is 0.323 e. The summed E-state index contributed by atoms with van der Waals surface area (Å²) in [6.45, 7) is 0.203. The van der Waals surface area contributed by atoms with Crippen LogP contribution < -0.4 is 25.4 Å².